The summed E-state index contributed by atoms with van der Waals surface area (Å²) in [7, 11) is 0. The van der Waals surface area contributed by atoms with Gasteiger partial charge in [0.15, 0.2) is 5.82 Å². The van der Waals surface area contributed by atoms with Crippen LogP contribution in [0.4, 0.5) is 11.5 Å². The van der Waals surface area contributed by atoms with Gasteiger partial charge in [0.05, 0.1) is 11.1 Å². The van der Waals surface area contributed by atoms with Crippen molar-refractivity contribution in [1.82, 2.24) is 25.2 Å². The van der Waals surface area contributed by atoms with Crippen molar-refractivity contribution in [2.45, 2.75) is 6.92 Å². The Kier molecular flexibility index (Phi) is 6.89. The van der Waals surface area contributed by atoms with Gasteiger partial charge in [0.25, 0.3) is 5.91 Å². The number of rotatable bonds is 7. The number of nitrogens with zero attached hydrogens (tertiary/aromatic N) is 4. The van der Waals surface area contributed by atoms with Crippen LogP contribution in [0, 0.1) is 0 Å². The molecule has 0 radical (unpaired) electrons. The zero-order valence-corrected chi connectivity index (χ0v) is 20.6. The van der Waals surface area contributed by atoms with E-state index in [9.17, 15) is 14.7 Å². The zero-order valence-electron chi connectivity index (χ0n) is 20.6. The number of aromatic hydroxyl groups is 1. The fraction of sp³-hybridized carbons (Fsp3) is 0.259. The van der Waals surface area contributed by atoms with Gasteiger partial charge < -0.3 is 30.5 Å². The highest BCUT2D eigenvalue weighted by Crippen LogP contribution is 2.29. The smallest absolute Gasteiger partial charge is 0.270 e. The minimum atomic E-state index is -0.111. The lowest BCUT2D eigenvalue weighted by molar-refractivity contribution is -0.118. The summed E-state index contributed by atoms with van der Waals surface area (Å²) in [4.78, 5) is 41.1. The van der Waals surface area contributed by atoms with Crippen molar-refractivity contribution in [2.24, 2.45) is 0 Å². The summed E-state index contributed by atoms with van der Waals surface area (Å²) in [5, 5.41) is 16.9. The molecule has 0 unspecified atom stereocenters. The molecule has 4 aromatic rings. The Labute approximate surface area is 214 Å². The van der Waals surface area contributed by atoms with Crippen LogP contribution in [0.2, 0.25) is 0 Å². The number of aromatic amines is 1. The number of hydrogen-bond donors (Lipinski definition) is 4. The van der Waals surface area contributed by atoms with E-state index in [1.807, 2.05) is 42.5 Å². The van der Waals surface area contributed by atoms with Crippen molar-refractivity contribution in [2.75, 3.05) is 49.5 Å². The van der Waals surface area contributed by atoms with Crippen LogP contribution in [-0.2, 0) is 4.79 Å². The molecule has 2 aromatic heterocycles. The van der Waals surface area contributed by atoms with Crippen molar-refractivity contribution in [3.63, 3.8) is 0 Å². The lowest BCUT2D eigenvalue weighted by Crippen LogP contribution is -2.48. The van der Waals surface area contributed by atoms with Gasteiger partial charge >= 0.3 is 0 Å². The van der Waals surface area contributed by atoms with Gasteiger partial charge in [-0.15, -0.1) is 0 Å². The maximum atomic E-state index is 13.4. The number of carbonyl (C=O) groups excluding carboxylic acids is 2. The van der Waals surface area contributed by atoms with Crippen LogP contribution in [0.3, 0.4) is 0 Å². The monoisotopic (exact) mass is 499 g/mol. The highest BCUT2D eigenvalue weighted by molar-refractivity contribution is 6.00. The molecule has 0 bridgehead atoms. The molecule has 1 aliphatic rings. The Morgan fingerprint density at radius 3 is 2.43 bits per heavy atom. The third kappa shape index (κ3) is 5.32. The van der Waals surface area contributed by atoms with E-state index in [0.29, 0.717) is 67.6 Å². The number of hydrogen-bond acceptors (Lipinski definition) is 7. The Balaban J connectivity index is 1.37. The van der Waals surface area contributed by atoms with E-state index in [-0.39, 0.29) is 17.6 Å². The normalized spacial score (nSPS) is 13.5. The van der Waals surface area contributed by atoms with Gasteiger partial charge in [-0.25, -0.2) is 9.97 Å². The highest BCUT2D eigenvalue weighted by Gasteiger charge is 2.25. The molecule has 0 atom stereocenters. The largest absolute Gasteiger partial charge is 0.506 e. The summed E-state index contributed by atoms with van der Waals surface area (Å²) in [6, 6.07) is 18.7. The van der Waals surface area contributed by atoms with E-state index in [0.717, 1.165) is 11.3 Å². The van der Waals surface area contributed by atoms with Crippen molar-refractivity contribution in [3.05, 3.63) is 66.4 Å². The van der Waals surface area contributed by atoms with Crippen molar-refractivity contribution in [1.29, 1.82) is 0 Å². The van der Waals surface area contributed by atoms with Crippen molar-refractivity contribution < 1.29 is 14.7 Å². The Morgan fingerprint density at radius 2 is 1.70 bits per heavy atom. The number of phenols is 1. The zero-order chi connectivity index (χ0) is 25.8. The quantitative estimate of drug-likeness (QED) is 0.288. The average molecular weight is 500 g/mol. The maximum absolute atomic E-state index is 13.4. The molecule has 3 heterocycles. The number of phenolic OH excluding ortho intramolecular Hbond substituents is 1. The summed E-state index contributed by atoms with van der Waals surface area (Å²) < 4.78 is 0. The number of nitrogens with one attached hydrogen (secondary N) is 3. The number of para-hydroxylation sites is 2. The summed E-state index contributed by atoms with van der Waals surface area (Å²) in [6.07, 6.45) is 0. The van der Waals surface area contributed by atoms with E-state index in [1.54, 1.807) is 23.1 Å². The summed E-state index contributed by atoms with van der Waals surface area (Å²) >= 11 is 0. The van der Waals surface area contributed by atoms with Crippen molar-refractivity contribution >= 4 is 34.4 Å². The molecule has 0 aliphatic carbocycles. The minimum Gasteiger partial charge on any atom is -0.506 e. The van der Waals surface area contributed by atoms with E-state index in [2.05, 4.69) is 25.5 Å². The predicted molar refractivity (Wildman–Crippen MR) is 143 cm³/mol. The van der Waals surface area contributed by atoms with Crippen LogP contribution in [0.15, 0.2) is 60.7 Å². The first-order valence-electron chi connectivity index (χ1n) is 12.3. The molecule has 37 heavy (non-hydrogen) atoms. The Morgan fingerprint density at radius 1 is 0.973 bits per heavy atom. The minimum absolute atomic E-state index is 0.100. The van der Waals surface area contributed by atoms with E-state index >= 15 is 0 Å². The second-order valence-corrected chi connectivity index (χ2v) is 8.88. The van der Waals surface area contributed by atoms with Crippen LogP contribution in [0.5, 0.6) is 5.75 Å². The van der Waals surface area contributed by atoms with Gasteiger partial charge in [-0.2, -0.15) is 0 Å². The average Bonchev–Trinajstić information content (AvgIpc) is 3.36. The number of H-pyrrole nitrogens is 1. The number of carbonyl (C=O) groups is 2. The molecular weight excluding hydrogens is 470 g/mol. The predicted octanol–water partition coefficient (Wildman–Crippen LogP) is 2.84. The molecule has 1 fully saturated rings. The highest BCUT2D eigenvalue weighted by atomic mass is 16.3. The van der Waals surface area contributed by atoms with Gasteiger partial charge in [-0.3, -0.25) is 9.59 Å². The van der Waals surface area contributed by atoms with Crippen LogP contribution in [-0.4, -0.2) is 76.0 Å². The first kappa shape index (κ1) is 24.1. The number of benzene rings is 2. The van der Waals surface area contributed by atoms with Gasteiger partial charge in [-0.1, -0.05) is 42.5 Å². The summed E-state index contributed by atoms with van der Waals surface area (Å²) in [6.45, 7) is 4.70. The van der Waals surface area contributed by atoms with Crippen LogP contribution in [0.25, 0.3) is 22.4 Å². The first-order valence-corrected chi connectivity index (χ1v) is 12.3. The Hall–Kier alpha value is -4.60. The van der Waals surface area contributed by atoms with Gasteiger partial charge in [0.2, 0.25) is 5.91 Å². The van der Waals surface area contributed by atoms with E-state index in [4.69, 9.17) is 4.98 Å². The second kappa shape index (κ2) is 10.6. The molecule has 10 heteroatoms. The maximum Gasteiger partial charge on any atom is 0.270 e. The first-order chi connectivity index (χ1) is 18.0. The van der Waals surface area contributed by atoms with E-state index < -0.39 is 0 Å². The number of piperazine rings is 1. The van der Waals surface area contributed by atoms with Crippen molar-refractivity contribution in [3.8, 4) is 17.1 Å². The molecule has 0 spiro atoms. The topological polar surface area (TPSA) is 126 Å². The lowest BCUT2D eigenvalue weighted by atomic mass is 10.2. The standard InChI is InChI=1S/C27H29N7O3/c1-18(35)28-11-12-29-25-20-17-21(30-26(20)32-24(31-25)19-7-3-2-4-8-19)27(37)34-15-13-33(14-16-34)22-9-5-6-10-23(22)36/h2-10,17,36H,11-16H2,1H3,(H,28,35)(H2,29,30,31,32). The number of fused-ring (bicyclic) bond motifs is 1. The Bertz CT molecular complexity index is 1410. The fourth-order valence-electron chi connectivity index (χ4n) is 4.45. The second-order valence-electron chi connectivity index (χ2n) is 8.88. The summed E-state index contributed by atoms with van der Waals surface area (Å²) in [5.74, 6) is 1.16. The van der Waals surface area contributed by atoms with Crippen LogP contribution in [0.1, 0.15) is 17.4 Å². The van der Waals surface area contributed by atoms with Gasteiger partial charge in [0, 0.05) is 51.8 Å². The number of aromatic nitrogens is 3. The molecule has 190 valence electrons. The third-order valence-electron chi connectivity index (χ3n) is 6.33. The summed E-state index contributed by atoms with van der Waals surface area (Å²) in [5.41, 5.74) is 2.64. The molecule has 1 saturated heterocycles. The number of anilines is 2. The lowest BCUT2D eigenvalue weighted by Gasteiger charge is -2.36. The van der Waals surface area contributed by atoms with Gasteiger partial charge in [0.1, 0.15) is 22.9 Å². The third-order valence-corrected chi connectivity index (χ3v) is 6.33. The molecule has 2 amide bonds. The molecule has 5 rings (SSSR count). The van der Waals surface area contributed by atoms with Crippen LogP contribution >= 0.6 is 0 Å². The molecule has 0 saturated carbocycles. The van der Waals surface area contributed by atoms with Gasteiger partial charge in [-0.05, 0) is 18.2 Å². The molecule has 4 N–H and O–H groups in total. The molecule has 2 aromatic carbocycles. The SMILES string of the molecule is CC(=O)NCCNc1nc(-c2ccccc2)nc2[nH]c(C(=O)N3CCN(c4ccccc4O)CC3)cc12. The molecular formula is C27H29N7O3. The molecule has 10 nitrogen and oxygen atoms in total. The van der Waals surface area contributed by atoms with E-state index in [1.165, 1.54) is 6.92 Å². The molecule has 1 aliphatic heterocycles. The number of amides is 2. The fourth-order valence-corrected chi connectivity index (χ4v) is 4.45. The van der Waals surface area contributed by atoms with Crippen LogP contribution < -0.4 is 15.5 Å².